The van der Waals surface area contributed by atoms with Gasteiger partial charge in [0.05, 0.1) is 5.56 Å². The normalized spacial score (nSPS) is 12.0. The zero-order chi connectivity index (χ0) is 22.9. The van der Waals surface area contributed by atoms with Gasteiger partial charge >= 0.3 is 0 Å². The summed E-state index contributed by atoms with van der Waals surface area (Å²) in [5.74, 6) is 0.984. The fourth-order valence-electron chi connectivity index (χ4n) is 3.47. The Morgan fingerprint density at radius 2 is 1.94 bits per heavy atom. The SMILES string of the molecule is CCc1ccc2oc(-c3ccc(NC(=S)NC(=O)c4ccc5c(c4)OCO5)cc3O)nc2c1. The molecule has 0 fully saturated rings. The third-order valence-electron chi connectivity index (χ3n) is 5.21. The number of rotatable bonds is 4. The van der Waals surface area contributed by atoms with E-state index >= 15 is 0 Å². The van der Waals surface area contributed by atoms with E-state index in [0.29, 0.717) is 39.8 Å². The van der Waals surface area contributed by atoms with Gasteiger partial charge in [-0.2, -0.15) is 0 Å². The maximum absolute atomic E-state index is 12.5. The number of hydrogen-bond acceptors (Lipinski definition) is 7. The third-order valence-corrected chi connectivity index (χ3v) is 5.41. The number of aromatic nitrogens is 1. The van der Waals surface area contributed by atoms with Gasteiger partial charge in [0.2, 0.25) is 12.7 Å². The molecule has 8 nitrogen and oxygen atoms in total. The van der Waals surface area contributed by atoms with Crippen LogP contribution in [0.2, 0.25) is 0 Å². The van der Waals surface area contributed by atoms with Crippen molar-refractivity contribution in [1.29, 1.82) is 0 Å². The number of thiocarbonyl (C=S) groups is 1. The number of aromatic hydroxyl groups is 1. The van der Waals surface area contributed by atoms with E-state index in [4.69, 9.17) is 26.1 Å². The molecule has 9 heteroatoms. The van der Waals surface area contributed by atoms with E-state index in [0.717, 1.165) is 17.5 Å². The van der Waals surface area contributed by atoms with Crippen molar-refractivity contribution in [1.82, 2.24) is 10.3 Å². The standard InChI is InChI=1S/C24H19N3O5S/c1-2-13-3-7-19-17(9-13)26-23(32-19)16-6-5-15(11-18(16)28)25-24(33)27-22(29)14-4-8-20-21(10-14)31-12-30-20/h3-11,28H,2,12H2,1H3,(H2,25,27,29,33). The summed E-state index contributed by atoms with van der Waals surface area (Å²) < 4.78 is 16.3. The highest BCUT2D eigenvalue weighted by Crippen LogP contribution is 2.34. The first-order chi connectivity index (χ1) is 16.0. The van der Waals surface area contributed by atoms with Crippen molar-refractivity contribution in [2.75, 3.05) is 12.1 Å². The van der Waals surface area contributed by atoms with Crippen molar-refractivity contribution in [3.05, 3.63) is 65.7 Å². The molecular weight excluding hydrogens is 442 g/mol. The van der Waals surface area contributed by atoms with Gasteiger partial charge in [0.15, 0.2) is 22.2 Å². The summed E-state index contributed by atoms with van der Waals surface area (Å²) in [6.07, 6.45) is 0.898. The number of carbonyl (C=O) groups is 1. The van der Waals surface area contributed by atoms with Gasteiger partial charge in [0, 0.05) is 17.3 Å². The molecule has 0 aliphatic carbocycles. The first-order valence-electron chi connectivity index (χ1n) is 10.2. The monoisotopic (exact) mass is 461 g/mol. The Kier molecular flexibility index (Phi) is 5.31. The molecule has 1 aromatic heterocycles. The first kappa shape index (κ1) is 20.8. The van der Waals surface area contributed by atoms with Crippen molar-refractivity contribution in [2.45, 2.75) is 13.3 Å². The fraction of sp³-hybridized carbons (Fsp3) is 0.125. The number of anilines is 1. The maximum Gasteiger partial charge on any atom is 0.257 e. The predicted octanol–water partition coefficient (Wildman–Crippen LogP) is 4.62. The van der Waals surface area contributed by atoms with E-state index in [-0.39, 0.29) is 17.7 Å². The number of phenolic OH excluding ortho intramolecular Hbond substituents is 1. The summed E-state index contributed by atoms with van der Waals surface area (Å²) in [6, 6.07) is 15.6. The Hall–Kier alpha value is -4.11. The van der Waals surface area contributed by atoms with Crippen LogP contribution in [0.25, 0.3) is 22.6 Å². The zero-order valence-electron chi connectivity index (χ0n) is 17.5. The van der Waals surface area contributed by atoms with Gasteiger partial charge in [0.1, 0.15) is 11.3 Å². The van der Waals surface area contributed by atoms with Crippen LogP contribution in [0.5, 0.6) is 17.2 Å². The van der Waals surface area contributed by atoms with Crippen LogP contribution in [0, 0.1) is 0 Å². The van der Waals surface area contributed by atoms with Gasteiger partial charge in [-0.25, -0.2) is 4.98 Å². The lowest BCUT2D eigenvalue weighted by Crippen LogP contribution is -2.34. The first-order valence-corrected chi connectivity index (χ1v) is 10.7. The molecule has 1 aliphatic rings. The minimum absolute atomic E-state index is 0.0350. The van der Waals surface area contributed by atoms with E-state index in [1.54, 1.807) is 30.3 Å². The number of ether oxygens (including phenoxy) is 2. The van der Waals surface area contributed by atoms with Gasteiger partial charge < -0.3 is 24.3 Å². The van der Waals surface area contributed by atoms with Crippen LogP contribution in [0.3, 0.4) is 0 Å². The van der Waals surface area contributed by atoms with Crippen LogP contribution in [0.15, 0.2) is 59.0 Å². The largest absolute Gasteiger partial charge is 0.507 e. The summed E-state index contributed by atoms with van der Waals surface area (Å²) in [5, 5.41) is 16.1. The van der Waals surface area contributed by atoms with E-state index in [2.05, 4.69) is 22.5 Å². The molecule has 0 bridgehead atoms. The second-order valence-corrected chi connectivity index (χ2v) is 7.79. The smallest absolute Gasteiger partial charge is 0.257 e. The molecule has 0 saturated carbocycles. The highest BCUT2D eigenvalue weighted by molar-refractivity contribution is 7.80. The molecule has 1 aliphatic heterocycles. The van der Waals surface area contributed by atoms with E-state index in [1.807, 2.05) is 18.2 Å². The van der Waals surface area contributed by atoms with Crippen molar-refractivity contribution >= 4 is 40.0 Å². The van der Waals surface area contributed by atoms with E-state index in [9.17, 15) is 9.90 Å². The summed E-state index contributed by atoms with van der Waals surface area (Å²) in [6.45, 7) is 2.20. The lowest BCUT2D eigenvalue weighted by atomic mass is 10.1. The van der Waals surface area contributed by atoms with Crippen LogP contribution in [0.4, 0.5) is 5.69 Å². The molecule has 5 rings (SSSR count). The van der Waals surface area contributed by atoms with Gasteiger partial charge in [0.25, 0.3) is 5.91 Å². The summed E-state index contributed by atoms with van der Waals surface area (Å²) in [5.41, 5.74) is 3.86. The van der Waals surface area contributed by atoms with Crippen molar-refractivity contribution in [2.24, 2.45) is 0 Å². The van der Waals surface area contributed by atoms with Crippen LogP contribution in [0.1, 0.15) is 22.8 Å². The van der Waals surface area contributed by atoms with Crippen LogP contribution in [-0.4, -0.2) is 27.9 Å². The average molecular weight is 461 g/mol. The molecule has 33 heavy (non-hydrogen) atoms. The molecular formula is C24H19N3O5S. The number of benzene rings is 3. The number of oxazole rings is 1. The third kappa shape index (κ3) is 4.18. The van der Waals surface area contributed by atoms with Crippen molar-refractivity contribution < 1.29 is 23.8 Å². The van der Waals surface area contributed by atoms with Crippen molar-refractivity contribution in [3.63, 3.8) is 0 Å². The van der Waals surface area contributed by atoms with Gasteiger partial charge in [-0.3, -0.25) is 10.1 Å². The number of nitrogens with zero attached hydrogens (tertiary/aromatic N) is 1. The molecule has 3 N–H and O–H groups in total. The molecule has 0 spiro atoms. The molecule has 3 aromatic carbocycles. The number of carbonyl (C=O) groups excluding carboxylic acids is 1. The highest BCUT2D eigenvalue weighted by Gasteiger charge is 2.17. The quantitative estimate of drug-likeness (QED) is 0.378. The summed E-state index contributed by atoms with van der Waals surface area (Å²) >= 11 is 5.24. The molecule has 1 amide bonds. The number of fused-ring (bicyclic) bond motifs is 2. The number of nitrogens with one attached hydrogen (secondary N) is 2. The zero-order valence-corrected chi connectivity index (χ0v) is 18.4. The van der Waals surface area contributed by atoms with E-state index < -0.39 is 5.91 Å². The molecule has 0 radical (unpaired) electrons. The van der Waals surface area contributed by atoms with E-state index in [1.165, 1.54) is 6.07 Å². The number of phenols is 1. The Labute approximate surface area is 194 Å². The van der Waals surface area contributed by atoms with Crippen LogP contribution < -0.4 is 20.1 Å². The van der Waals surface area contributed by atoms with Gasteiger partial charge in [-0.1, -0.05) is 13.0 Å². The lowest BCUT2D eigenvalue weighted by molar-refractivity contribution is 0.0977. The molecule has 0 atom stereocenters. The molecule has 0 unspecified atom stereocenters. The second kappa shape index (κ2) is 8.44. The highest BCUT2D eigenvalue weighted by atomic mass is 32.1. The molecule has 0 saturated heterocycles. The van der Waals surface area contributed by atoms with Crippen LogP contribution >= 0.6 is 12.2 Å². The fourth-order valence-corrected chi connectivity index (χ4v) is 3.68. The Bertz CT molecular complexity index is 1400. The molecule has 166 valence electrons. The van der Waals surface area contributed by atoms with Crippen molar-refractivity contribution in [3.8, 4) is 28.7 Å². The van der Waals surface area contributed by atoms with Gasteiger partial charge in [-0.15, -0.1) is 0 Å². The van der Waals surface area contributed by atoms with Crippen LogP contribution in [-0.2, 0) is 6.42 Å². The summed E-state index contributed by atoms with van der Waals surface area (Å²) in [7, 11) is 0. The summed E-state index contributed by atoms with van der Waals surface area (Å²) in [4.78, 5) is 17.0. The minimum Gasteiger partial charge on any atom is -0.507 e. The molecule has 2 heterocycles. The topological polar surface area (TPSA) is 106 Å². The Balaban J connectivity index is 1.28. The number of amides is 1. The second-order valence-electron chi connectivity index (χ2n) is 7.38. The number of aryl methyl sites for hydroxylation is 1. The average Bonchev–Trinajstić information content (AvgIpc) is 3.44. The maximum atomic E-state index is 12.5. The Morgan fingerprint density at radius 3 is 2.76 bits per heavy atom. The minimum atomic E-state index is -0.399. The predicted molar refractivity (Wildman–Crippen MR) is 127 cm³/mol. The molecule has 4 aromatic rings. The lowest BCUT2D eigenvalue weighted by Gasteiger charge is -2.11. The number of hydrogen-bond donors (Lipinski definition) is 3. The Morgan fingerprint density at radius 1 is 1.09 bits per heavy atom. The van der Waals surface area contributed by atoms with Gasteiger partial charge in [-0.05, 0) is 66.7 Å².